The molecular formula is C15H18O. The molecule has 0 aliphatic heterocycles. The summed E-state index contributed by atoms with van der Waals surface area (Å²) >= 11 is 0. The minimum atomic E-state index is 0.164. The van der Waals surface area contributed by atoms with Gasteiger partial charge in [0.1, 0.15) is 0 Å². The Balaban J connectivity index is 2.39. The normalized spacial score (nSPS) is 15.0. The summed E-state index contributed by atoms with van der Waals surface area (Å²) in [5.74, 6) is 0.216. The molecule has 0 heterocycles. The van der Waals surface area contributed by atoms with Gasteiger partial charge in [-0.3, -0.25) is 4.79 Å². The number of carbonyl (C=O) groups excluding carboxylic acids is 1. The molecule has 0 unspecified atom stereocenters. The van der Waals surface area contributed by atoms with Crippen LogP contribution < -0.4 is 0 Å². The largest absolute Gasteiger partial charge is 0.289 e. The monoisotopic (exact) mass is 214 g/mol. The second-order valence-corrected chi connectivity index (χ2v) is 5.77. The third-order valence-corrected chi connectivity index (χ3v) is 2.90. The topological polar surface area (TPSA) is 17.1 Å². The molecule has 0 saturated carbocycles. The van der Waals surface area contributed by atoms with Crippen LogP contribution in [0.2, 0.25) is 0 Å². The van der Waals surface area contributed by atoms with Crippen LogP contribution in [0, 0.1) is 12.3 Å². The number of ketones is 1. The van der Waals surface area contributed by atoms with Crippen LogP contribution in [-0.2, 0) is 0 Å². The second-order valence-electron chi connectivity index (χ2n) is 5.77. The van der Waals surface area contributed by atoms with E-state index in [2.05, 4.69) is 39.8 Å². The highest BCUT2D eigenvalue weighted by Gasteiger charge is 2.26. The first-order valence-corrected chi connectivity index (χ1v) is 5.73. The predicted molar refractivity (Wildman–Crippen MR) is 67.6 cm³/mol. The van der Waals surface area contributed by atoms with Crippen molar-refractivity contribution in [3.8, 4) is 0 Å². The Labute approximate surface area is 97.2 Å². The first-order chi connectivity index (χ1) is 7.38. The van der Waals surface area contributed by atoms with Crippen molar-refractivity contribution in [1.82, 2.24) is 0 Å². The molecule has 2 rings (SSSR count). The molecule has 1 aliphatic rings. The molecule has 0 N–H and O–H groups in total. The van der Waals surface area contributed by atoms with Crippen molar-refractivity contribution in [1.29, 1.82) is 0 Å². The average molecular weight is 214 g/mol. The van der Waals surface area contributed by atoms with E-state index in [1.165, 1.54) is 5.56 Å². The Kier molecular flexibility index (Phi) is 2.49. The fourth-order valence-corrected chi connectivity index (χ4v) is 2.19. The number of benzene rings is 1. The van der Waals surface area contributed by atoms with Crippen molar-refractivity contribution in [3.63, 3.8) is 0 Å². The van der Waals surface area contributed by atoms with Gasteiger partial charge in [0.05, 0.1) is 0 Å². The van der Waals surface area contributed by atoms with Crippen molar-refractivity contribution < 1.29 is 4.79 Å². The maximum Gasteiger partial charge on any atom is 0.189 e. The zero-order chi connectivity index (χ0) is 11.9. The molecule has 1 nitrogen and oxygen atoms in total. The average Bonchev–Trinajstić information content (AvgIpc) is 2.44. The summed E-state index contributed by atoms with van der Waals surface area (Å²) in [5.41, 5.74) is 4.30. The van der Waals surface area contributed by atoms with Gasteiger partial charge < -0.3 is 0 Å². The van der Waals surface area contributed by atoms with Crippen molar-refractivity contribution in [3.05, 3.63) is 40.5 Å². The molecule has 1 aromatic rings. The number of allylic oxidation sites excluding steroid dienone is 1. The maximum absolute atomic E-state index is 12.2. The van der Waals surface area contributed by atoms with Crippen LogP contribution in [0.15, 0.2) is 23.8 Å². The third kappa shape index (κ3) is 1.95. The first kappa shape index (κ1) is 11.1. The minimum Gasteiger partial charge on any atom is -0.289 e. The number of Topliss-reactive ketones (excluding diaryl/α,β-unsaturated/α-hetero) is 1. The molecule has 1 heteroatoms. The Hall–Kier alpha value is -1.37. The lowest BCUT2D eigenvalue weighted by atomic mass is 9.87. The number of hydrogen-bond donors (Lipinski definition) is 0. The summed E-state index contributed by atoms with van der Waals surface area (Å²) in [6.07, 6.45) is 2.91. The van der Waals surface area contributed by atoms with Crippen LogP contribution in [0.1, 0.15) is 48.7 Å². The van der Waals surface area contributed by atoms with Gasteiger partial charge in [-0.15, -0.1) is 0 Å². The molecule has 0 radical (unpaired) electrons. The zero-order valence-electron chi connectivity index (χ0n) is 10.4. The van der Waals surface area contributed by atoms with E-state index in [9.17, 15) is 4.79 Å². The van der Waals surface area contributed by atoms with Gasteiger partial charge >= 0.3 is 0 Å². The standard InChI is InChI=1S/C15H18O/c1-10-6-5-7-12-13(10)8-11(14(12)16)9-15(2,3)4/h5-8H,9H2,1-4H3. The predicted octanol–water partition coefficient (Wildman–Crippen LogP) is 4.01. The van der Waals surface area contributed by atoms with Gasteiger partial charge in [0, 0.05) is 11.1 Å². The Morgan fingerprint density at radius 3 is 2.44 bits per heavy atom. The van der Waals surface area contributed by atoms with Crippen molar-refractivity contribution in [2.45, 2.75) is 34.1 Å². The van der Waals surface area contributed by atoms with Crippen molar-refractivity contribution in [2.75, 3.05) is 0 Å². The van der Waals surface area contributed by atoms with E-state index in [-0.39, 0.29) is 11.2 Å². The van der Waals surface area contributed by atoms with E-state index in [4.69, 9.17) is 0 Å². The van der Waals surface area contributed by atoms with Crippen LogP contribution in [0.4, 0.5) is 0 Å². The number of hydrogen-bond acceptors (Lipinski definition) is 1. The molecular weight excluding hydrogens is 196 g/mol. The maximum atomic E-state index is 12.2. The fourth-order valence-electron chi connectivity index (χ4n) is 2.19. The Morgan fingerprint density at radius 2 is 1.88 bits per heavy atom. The fraction of sp³-hybridized carbons (Fsp3) is 0.400. The molecule has 1 aromatic carbocycles. The molecule has 84 valence electrons. The van der Waals surface area contributed by atoms with Crippen LogP contribution in [0.3, 0.4) is 0 Å². The zero-order valence-corrected chi connectivity index (χ0v) is 10.4. The summed E-state index contributed by atoms with van der Waals surface area (Å²) in [6.45, 7) is 8.55. The Bertz CT molecular complexity index is 473. The third-order valence-electron chi connectivity index (χ3n) is 2.90. The molecule has 0 fully saturated rings. The van der Waals surface area contributed by atoms with Crippen molar-refractivity contribution in [2.24, 2.45) is 5.41 Å². The summed E-state index contributed by atoms with van der Waals surface area (Å²) in [6, 6.07) is 5.94. The summed E-state index contributed by atoms with van der Waals surface area (Å²) in [7, 11) is 0. The second kappa shape index (κ2) is 3.58. The molecule has 0 saturated heterocycles. The van der Waals surface area contributed by atoms with Gasteiger partial charge in [0.15, 0.2) is 5.78 Å². The van der Waals surface area contributed by atoms with Gasteiger partial charge in [-0.05, 0) is 36.0 Å². The quantitative estimate of drug-likeness (QED) is 0.690. The summed E-state index contributed by atoms with van der Waals surface area (Å²) in [5, 5.41) is 0. The van der Waals surface area contributed by atoms with Crippen molar-refractivity contribution >= 4 is 11.9 Å². The number of rotatable bonds is 1. The molecule has 0 spiro atoms. The molecule has 0 amide bonds. The van der Waals surface area contributed by atoms with E-state index in [0.29, 0.717) is 0 Å². The first-order valence-electron chi connectivity index (χ1n) is 5.73. The van der Waals surface area contributed by atoms with Gasteiger partial charge in [-0.25, -0.2) is 0 Å². The molecule has 0 bridgehead atoms. The van der Waals surface area contributed by atoms with Gasteiger partial charge in [-0.2, -0.15) is 0 Å². The SMILES string of the molecule is Cc1cccc2c1C=C(CC(C)(C)C)C2=O. The van der Waals surface area contributed by atoms with E-state index >= 15 is 0 Å². The van der Waals surface area contributed by atoms with Crippen LogP contribution in [-0.4, -0.2) is 5.78 Å². The van der Waals surface area contributed by atoms with Gasteiger partial charge in [-0.1, -0.05) is 39.0 Å². The highest BCUT2D eigenvalue weighted by atomic mass is 16.1. The smallest absolute Gasteiger partial charge is 0.189 e. The lowest BCUT2D eigenvalue weighted by molar-refractivity contribution is 0.102. The summed E-state index contributed by atoms with van der Waals surface area (Å²) in [4.78, 5) is 12.2. The molecule has 1 aliphatic carbocycles. The lowest BCUT2D eigenvalue weighted by Crippen LogP contribution is -2.10. The summed E-state index contributed by atoms with van der Waals surface area (Å²) < 4.78 is 0. The van der Waals surface area contributed by atoms with E-state index < -0.39 is 0 Å². The molecule has 0 aromatic heterocycles. The van der Waals surface area contributed by atoms with Crippen LogP contribution >= 0.6 is 0 Å². The highest BCUT2D eigenvalue weighted by Crippen LogP contribution is 2.34. The van der Waals surface area contributed by atoms with E-state index in [1.807, 2.05) is 12.1 Å². The number of aryl methyl sites for hydroxylation is 1. The lowest BCUT2D eigenvalue weighted by Gasteiger charge is -2.17. The molecule has 16 heavy (non-hydrogen) atoms. The van der Waals surface area contributed by atoms with Gasteiger partial charge in [0.25, 0.3) is 0 Å². The highest BCUT2D eigenvalue weighted by molar-refractivity contribution is 6.18. The number of fused-ring (bicyclic) bond motifs is 1. The van der Waals surface area contributed by atoms with Crippen LogP contribution in [0.5, 0.6) is 0 Å². The minimum absolute atomic E-state index is 0.164. The number of carbonyl (C=O) groups is 1. The van der Waals surface area contributed by atoms with E-state index in [0.717, 1.165) is 23.1 Å². The van der Waals surface area contributed by atoms with E-state index in [1.54, 1.807) is 0 Å². The van der Waals surface area contributed by atoms with Crippen LogP contribution in [0.25, 0.3) is 6.08 Å². The Morgan fingerprint density at radius 1 is 1.19 bits per heavy atom. The van der Waals surface area contributed by atoms with Gasteiger partial charge in [0.2, 0.25) is 0 Å². The molecule has 0 atom stereocenters.